The molecule has 1 unspecified atom stereocenters. The van der Waals surface area contributed by atoms with Gasteiger partial charge in [-0.1, -0.05) is 97.1 Å². The van der Waals surface area contributed by atoms with Gasteiger partial charge in [0, 0.05) is 0 Å². The van der Waals surface area contributed by atoms with Crippen molar-refractivity contribution in [3.8, 4) is 0 Å². The van der Waals surface area contributed by atoms with E-state index >= 15 is 0 Å². The van der Waals surface area contributed by atoms with Crippen LogP contribution in [0.4, 0.5) is 0 Å². The topological polar surface area (TPSA) is 9.23 Å². The van der Waals surface area contributed by atoms with E-state index in [-0.39, 0.29) is 6.10 Å². The normalized spacial score (nSPS) is 16.1. The van der Waals surface area contributed by atoms with Crippen LogP contribution in [-0.2, 0) is 4.74 Å². The van der Waals surface area contributed by atoms with Crippen molar-refractivity contribution in [1.29, 1.82) is 0 Å². The summed E-state index contributed by atoms with van der Waals surface area (Å²) in [4.78, 5) is 0. The average Bonchev–Trinajstić information content (AvgIpc) is 2.75. The molecule has 4 rings (SSSR count). The number of allylic oxidation sites excluding steroid dienone is 2. The molecular weight excluding hydrogens is 335 g/mol. The van der Waals surface area contributed by atoms with E-state index in [4.69, 9.17) is 4.74 Å². The highest BCUT2D eigenvalue weighted by molar-refractivity contribution is 7.94. The largest absolute Gasteiger partial charge is 0.490 e. The third-order valence-electron chi connectivity index (χ3n) is 4.59. The summed E-state index contributed by atoms with van der Waals surface area (Å²) in [7, 11) is 0. The summed E-state index contributed by atoms with van der Waals surface area (Å²) in [5.74, 6) is 2.41. The standard InChI is InChI=1S/C24H21OP/c1-4-13-22(14-5-1)26(23-15-6-2-7-16-23,24-17-8-3-9-18-24)20-21-12-10-11-19-25-21/h1-21H. The van der Waals surface area contributed by atoms with E-state index in [1.165, 1.54) is 15.9 Å². The van der Waals surface area contributed by atoms with Gasteiger partial charge in [-0.05, 0) is 40.7 Å². The Balaban J connectivity index is 2.05. The lowest BCUT2D eigenvalue weighted by molar-refractivity contribution is 0.245. The first-order valence-corrected chi connectivity index (χ1v) is 10.7. The SMILES string of the molecule is C1=COC(C=P(c2ccccc2)(c2ccccc2)c2ccccc2)C=C1. The van der Waals surface area contributed by atoms with Gasteiger partial charge in [0.25, 0.3) is 0 Å². The molecule has 0 aliphatic carbocycles. The maximum atomic E-state index is 5.90. The Bertz CT molecular complexity index is 853. The maximum absolute atomic E-state index is 5.90. The molecule has 128 valence electrons. The predicted octanol–water partition coefficient (Wildman–Crippen LogP) is 4.25. The van der Waals surface area contributed by atoms with Crippen LogP contribution in [0.5, 0.6) is 0 Å². The van der Waals surface area contributed by atoms with Gasteiger partial charge in [-0.15, -0.1) is 0 Å². The van der Waals surface area contributed by atoms with Crippen LogP contribution in [-0.4, -0.2) is 11.9 Å². The Labute approximate surface area is 155 Å². The van der Waals surface area contributed by atoms with Gasteiger partial charge in [-0.2, -0.15) is 0 Å². The Kier molecular flexibility index (Phi) is 4.91. The first kappa shape index (κ1) is 16.7. The second-order valence-corrected chi connectivity index (χ2v) is 9.49. The fourth-order valence-electron chi connectivity index (χ4n) is 3.40. The van der Waals surface area contributed by atoms with Crippen molar-refractivity contribution in [1.82, 2.24) is 0 Å². The molecule has 2 heteroatoms. The summed E-state index contributed by atoms with van der Waals surface area (Å²) in [5, 5.41) is 4.01. The van der Waals surface area contributed by atoms with Gasteiger partial charge < -0.3 is 4.74 Å². The van der Waals surface area contributed by atoms with Crippen LogP contribution in [0.2, 0.25) is 0 Å². The van der Waals surface area contributed by atoms with E-state index < -0.39 is 6.89 Å². The Morgan fingerprint density at radius 2 is 1.08 bits per heavy atom. The Morgan fingerprint density at radius 1 is 0.615 bits per heavy atom. The van der Waals surface area contributed by atoms with Gasteiger partial charge in [-0.3, -0.25) is 0 Å². The molecule has 1 aliphatic heterocycles. The highest BCUT2D eigenvalue weighted by Crippen LogP contribution is 2.44. The molecule has 3 aromatic carbocycles. The molecule has 0 saturated heterocycles. The zero-order valence-electron chi connectivity index (χ0n) is 14.5. The smallest absolute Gasteiger partial charge is 0.136 e. The molecule has 0 bridgehead atoms. The highest BCUT2D eigenvalue weighted by atomic mass is 31.2. The molecule has 1 aliphatic rings. The van der Waals surface area contributed by atoms with Crippen molar-refractivity contribution in [3.05, 3.63) is 115 Å². The molecule has 3 aromatic rings. The third kappa shape index (κ3) is 3.19. The van der Waals surface area contributed by atoms with Gasteiger partial charge in [-0.25, -0.2) is 0 Å². The van der Waals surface area contributed by atoms with Crippen molar-refractivity contribution >= 4 is 28.6 Å². The molecule has 1 nitrogen and oxygen atoms in total. The molecular formula is C24H21OP. The predicted molar refractivity (Wildman–Crippen MR) is 114 cm³/mol. The average molecular weight is 356 g/mol. The lowest BCUT2D eigenvalue weighted by Crippen LogP contribution is -2.29. The molecule has 0 amide bonds. The van der Waals surface area contributed by atoms with Crippen molar-refractivity contribution < 1.29 is 4.74 Å². The molecule has 0 saturated carbocycles. The molecule has 0 radical (unpaired) electrons. The second kappa shape index (κ2) is 7.64. The van der Waals surface area contributed by atoms with E-state index in [0.29, 0.717) is 0 Å². The molecule has 1 heterocycles. The number of hydrogen-bond donors (Lipinski definition) is 0. The number of ether oxygens (including phenoxy) is 1. The van der Waals surface area contributed by atoms with E-state index in [0.717, 1.165) is 0 Å². The second-order valence-electron chi connectivity index (χ2n) is 6.19. The quantitative estimate of drug-likeness (QED) is 0.635. The minimum Gasteiger partial charge on any atom is -0.490 e. The van der Waals surface area contributed by atoms with E-state index in [1.54, 1.807) is 6.26 Å². The van der Waals surface area contributed by atoms with Gasteiger partial charge >= 0.3 is 0 Å². The fraction of sp³-hybridized carbons (Fsp3) is 0.0417. The van der Waals surface area contributed by atoms with Gasteiger partial charge in [0.2, 0.25) is 0 Å². The Hall–Kier alpha value is -2.76. The van der Waals surface area contributed by atoms with E-state index in [9.17, 15) is 0 Å². The van der Waals surface area contributed by atoms with Crippen molar-refractivity contribution in [2.75, 3.05) is 0 Å². The first-order chi connectivity index (χ1) is 12.9. The van der Waals surface area contributed by atoms with Crippen LogP contribution in [0.3, 0.4) is 0 Å². The first-order valence-electron chi connectivity index (χ1n) is 8.80. The summed E-state index contributed by atoms with van der Waals surface area (Å²) in [6.45, 7) is -1.96. The van der Waals surface area contributed by atoms with Crippen LogP contribution < -0.4 is 15.9 Å². The number of rotatable bonds is 4. The minimum atomic E-state index is -1.96. The zero-order valence-corrected chi connectivity index (χ0v) is 15.4. The van der Waals surface area contributed by atoms with Gasteiger partial charge in [0.1, 0.15) is 6.10 Å². The monoisotopic (exact) mass is 356 g/mol. The summed E-state index contributed by atoms with van der Waals surface area (Å²) >= 11 is 0. The number of benzene rings is 3. The summed E-state index contributed by atoms with van der Waals surface area (Å²) in [6.07, 6.45) is 7.83. The van der Waals surface area contributed by atoms with Crippen LogP contribution in [0.15, 0.2) is 115 Å². The Morgan fingerprint density at radius 3 is 1.46 bits per heavy atom. The van der Waals surface area contributed by atoms with Crippen LogP contribution in [0, 0.1) is 0 Å². The molecule has 0 fully saturated rings. The molecule has 0 spiro atoms. The molecule has 0 aromatic heterocycles. The van der Waals surface area contributed by atoms with Crippen LogP contribution in [0.1, 0.15) is 0 Å². The lowest BCUT2D eigenvalue weighted by Gasteiger charge is -2.30. The number of hydrogen-bond acceptors (Lipinski definition) is 1. The van der Waals surface area contributed by atoms with Crippen molar-refractivity contribution in [2.45, 2.75) is 6.10 Å². The van der Waals surface area contributed by atoms with Crippen LogP contribution in [0.25, 0.3) is 0 Å². The molecule has 26 heavy (non-hydrogen) atoms. The highest BCUT2D eigenvalue weighted by Gasteiger charge is 2.26. The lowest BCUT2D eigenvalue weighted by atomic mass is 10.3. The van der Waals surface area contributed by atoms with E-state index in [2.05, 4.69) is 109 Å². The maximum Gasteiger partial charge on any atom is 0.136 e. The summed E-state index contributed by atoms with van der Waals surface area (Å²) in [6, 6.07) is 32.4. The van der Waals surface area contributed by atoms with Gasteiger partial charge in [0.05, 0.1) is 6.26 Å². The van der Waals surface area contributed by atoms with Gasteiger partial charge in [0.15, 0.2) is 0 Å². The zero-order chi connectivity index (χ0) is 17.7. The molecule has 1 atom stereocenters. The van der Waals surface area contributed by atoms with Crippen molar-refractivity contribution in [3.63, 3.8) is 0 Å². The fourth-order valence-corrected chi connectivity index (χ4v) is 7.35. The summed E-state index contributed by atoms with van der Waals surface area (Å²) in [5.41, 5.74) is 0. The summed E-state index contributed by atoms with van der Waals surface area (Å²) < 4.78 is 5.90. The van der Waals surface area contributed by atoms with Crippen molar-refractivity contribution in [2.24, 2.45) is 0 Å². The third-order valence-corrected chi connectivity index (χ3v) is 8.67. The van der Waals surface area contributed by atoms with E-state index in [1.807, 2.05) is 6.08 Å². The van der Waals surface area contributed by atoms with Crippen LogP contribution >= 0.6 is 6.89 Å². The minimum absolute atomic E-state index is 0.0473. The molecule has 0 N–H and O–H groups in total.